The van der Waals surface area contributed by atoms with Crippen molar-refractivity contribution in [1.29, 1.82) is 0 Å². The van der Waals surface area contributed by atoms with Gasteiger partial charge in [-0.1, -0.05) is 34.6 Å². The second-order valence-electron chi connectivity index (χ2n) is 5.16. The van der Waals surface area contributed by atoms with E-state index in [0.29, 0.717) is 6.54 Å². The zero-order valence-electron chi connectivity index (χ0n) is 12.2. The van der Waals surface area contributed by atoms with E-state index < -0.39 is 6.04 Å². The Balaban J connectivity index is -0.00000112. The number of carbonyl (C=O) groups excluding carboxylic acids is 1. The number of nitrogens with two attached hydrogens (primary N) is 1. The summed E-state index contributed by atoms with van der Waals surface area (Å²) in [5, 5.41) is 2.88. The SMILES string of the molecule is CCN(CC)CCNC(=O)[C@@H](N)C(C)(C)C.Cl.Cl. The number of rotatable bonds is 6. The van der Waals surface area contributed by atoms with Crippen LogP contribution in [0.5, 0.6) is 0 Å². The summed E-state index contributed by atoms with van der Waals surface area (Å²) in [7, 11) is 0. The largest absolute Gasteiger partial charge is 0.353 e. The number of hydrogen-bond donors (Lipinski definition) is 2. The third kappa shape index (κ3) is 8.97. The minimum atomic E-state index is -0.441. The number of carbonyl (C=O) groups is 1. The minimum absolute atomic E-state index is 0. The first-order valence-electron chi connectivity index (χ1n) is 6.08. The van der Waals surface area contributed by atoms with Gasteiger partial charge in [-0.2, -0.15) is 0 Å². The molecule has 1 amide bonds. The Kier molecular flexibility index (Phi) is 13.9. The molecule has 0 spiro atoms. The van der Waals surface area contributed by atoms with Gasteiger partial charge < -0.3 is 16.0 Å². The molecule has 0 heterocycles. The summed E-state index contributed by atoms with van der Waals surface area (Å²) in [5.74, 6) is -0.0559. The fourth-order valence-corrected chi connectivity index (χ4v) is 1.38. The van der Waals surface area contributed by atoms with Crippen molar-refractivity contribution in [1.82, 2.24) is 10.2 Å². The molecule has 0 rings (SSSR count). The Hall–Kier alpha value is -0.0300. The van der Waals surface area contributed by atoms with E-state index in [4.69, 9.17) is 5.73 Å². The maximum Gasteiger partial charge on any atom is 0.237 e. The molecule has 0 unspecified atom stereocenters. The molecular weight excluding hydrogens is 273 g/mol. The summed E-state index contributed by atoms with van der Waals surface area (Å²) >= 11 is 0. The molecule has 0 saturated heterocycles. The highest BCUT2D eigenvalue weighted by Gasteiger charge is 2.26. The van der Waals surface area contributed by atoms with E-state index in [1.54, 1.807) is 0 Å². The number of halogens is 2. The van der Waals surface area contributed by atoms with Crippen LogP contribution in [0.4, 0.5) is 0 Å². The molecule has 0 aliphatic rings. The maximum absolute atomic E-state index is 11.7. The highest BCUT2D eigenvalue weighted by Crippen LogP contribution is 2.16. The minimum Gasteiger partial charge on any atom is -0.353 e. The Labute approximate surface area is 124 Å². The first kappa shape index (κ1) is 23.1. The van der Waals surface area contributed by atoms with Gasteiger partial charge >= 0.3 is 0 Å². The molecule has 6 heteroatoms. The summed E-state index contributed by atoms with van der Waals surface area (Å²) in [5.41, 5.74) is 5.67. The van der Waals surface area contributed by atoms with Gasteiger partial charge in [0, 0.05) is 13.1 Å². The van der Waals surface area contributed by atoms with Crippen LogP contribution in [-0.4, -0.2) is 43.0 Å². The monoisotopic (exact) mass is 301 g/mol. The van der Waals surface area contributed by atoms with E-state index in [9.17, 15) is 4.79 Å². The van der Waals surface area contributed by atoms with Crippen molar-refractivity contribution in [3.8, 4) is 0 Å². The Morgan fingerprint density at radius 2 is 1.67 bits per heavy atom. The highest BCUT2D eigenvalue weighted by atomic mass is 35.5. The summed E-state index contributed by atoms with van der Waals surface area (Å²) in [6.07, 6.45) is 0. The molecule has 4 nitrogen and oxygen atoms in total. The van der Waals surface area contributed by atoms with Gasteiger partial charge in [0.25, 0.3) is 0 Å². The number of nitrogens with one attached hydrogen (secondary N) is 1. The van der Waals surface area contributed by atoms with E-state index in [2.05, 4.69) is 24.1 Å². The first-order chi connectivity index (χ1) is 7.32. The summed E-state index contributed by atoms with van der Waals surface area (Å²) in [4.78, 5) is 14.0. The van der Waals surface area contributed by atoms with Gasteiger partial charge in [-0.05, 0) is 18.5 Å². The normalized spacial score (nSPS) is 12.4. The lowest BCUT2D eigenvalue weighted by atomic mass is 9.87. The summed E-state index contributed by atoms with van der Waals surface area (Å²) in [6.45, 7) is 13.7. The lowest BCUT2D eigenvalue weighted by molar-refractivity contribution is -0.124. The van der Waals surface area contributed by atoms with Crippen LogP contribution in [0.1, 0.15) is 34.6 Å². The Morgan fingerprint density at radius 3 is 2.00 bits per heavy atom. The van der Waals surface area contributed by atoms with E-state index in [-0.39, 0.29) is 36.1 Å². The molecule has 112 valence electrons. The molecule has 0 aliphatic carbocycles. The molecule has 1 atom stereocenters. The predicted octanol–water partition coefficient (Wildman–Crippen LogP) is 1.66. The zero-order valence-corrected chi connectivity index (χ0v) is 13.8. The summed E-state index contributed by atoms with van der Waals surface area (Å²) < 4.78 is 0. The van der Waals surface area contributed by atoms with Crippen LogP contribution in [0, 0.1) is 5.41 Å². The molecular formula is C12H29Cl2N3O. The number of likely N-dealkylation sites (N-methyl/N-ethyl adjacent to an activating group) is 1. The lowest BCUT2D eigenvalue weighted by Gasteiger charge is -2.26. The van der Waals surface area contributed by atoms with Crippen LogP contribution in [0.15, 0.2) is 0 Å². The molecule has 3 N–H and O–H groups in total. The van der Waals surface area contributed by atoms with Crippen molar-refractivity contribution in [3.05, 3.63) is 0 Å². The van der Waals surface area contributed by atoms with Gasteiger partial charge in [-0.3, -0.25) is 4.79 Å². The van der Waals surface area contributed by atoms with Gasteiger partial charge in [0.2, 0.25) is 5.91 Å². The van der Waals surface area contributed by atoms with Crippen molar-refractivity contribution >= 4 is 30.7 Å². The maximum atomic E-state index is 11.7. The van der Waals surface area contributed by atoms with E-state index in [1.807, 2.05) is 20.8 Å². The van der Waals surface area contributed by atoms with E-state index in [0.717, 1.165) is 19.6 Å². The number of hydrogen-bond acceptors (Lipinski definition) is 3. The van der Waals surface area contributed by atoms with Gasteiger partial charge in [0.05, 0.1) is 6.04 Å². The Morgan fingerprint density at radius 1 is 1.22 bits per heavy atom. The first-order valence-corrected chi connectivity index (χ1v) is 6.08. The van der Waals surface area contributed by atoms with Crippen molar-refractivity contribution in [3.63, 3.8) is 0 Å². The number of nitrogens with zero attached hydrogens (tertiary/aromatic N) is 1. The molecule has 0 fully saturated rings. The lowest BCUT2D eigenvalue weighted by Crippen LogP contribution is -2.49. The predicted molar refractivity (Wildman–Crippen MR) is 82.7 cm³/mol. The van der Waals surface area contributed by atoms with Crippen LogP contribution in [0.3, 0.4) is 0 Å². The van der Waals surface area contributed by atoms with Gasteiger partial charge in [0.1, 0.15) is 0 Å². The molecule has 0 aliphatic heterocycles. The molecule has 0 saturated carbocycles. The van der Waals surface area contributed by atoms with Crippen LogP contribution in [0.2, 0.25) is 0 Å². The third-order valence-electron chi connectivity index (χ3n) is 2.84. The van der Waals surface area contributed by atoms with Gasteiger partial charge in [-0.15, -0.1) is 24.8 Å². The fraction of sp³-hybridized carbons (Fsp3) is 0.917. The summed E-state index contributed by atoms with van der Waals surface area (Å²) in [6, 6.07) is -0.441. The zero-order chi connectivity index (χ0) is 12.8. The quantitative estimate of drug-likeness (QED) is 0.784. The van der Waals surface area contributed by atoms with E-state index in [1.165, 1.54) is 0 Å². The standard InChI is InChI=1S/C12H27N3O.2ClH/c1-6-15(7-2)9-8-14-11(16)10(13)12(3,4)5;;/h10H,6-9,13H2,1-5H3,(H,14,16);2*1H/t10-;;/m1../s1. The average Bonchev–Trinajstić information content (AvgIpc) is 2.21. The van der Waals surface area contributed by atoms with E-state index >= 15 is 0 Å². The van der Waals surface area contributed by atoms with Crippen molar-refractivity contribution in [2.24, 2.45) is 11.1 Å². The number of amides is 1. The second-order valence-corrected chi connectivity index (χ2v) is 5.16. The molecule has 0 aromatic heterocycles. The molecule has 0 radical (unpaired) electrons. The fourth-order valence-electron chi connectivity index (χ4n) is 1.38. The molecule has 0 aromatic carbocycles. The topological polar surface area (TPSA) is 58.4 Å². The van der Waals surface area contributed by atoms with Crippen molar-refractivity contribution in [2.75, 3.05) is 26.2 Å². The van der Waals surface area contributed by atoms with Crippen LogP contribution in [-0.2, 0) is 4.79 Å². The highest BCUT2D eigenvalue weighted by molar-refractivity contribution is 5.85. The smallest absolute Gasteiger partial charge is 0.237 e. The second kappa shape index (κ2) is 10.9. The average molecular weight is 302 g/mol. The molecule has 18 heavy (non-hydrogen) atoms. The van der Waals surface area contributed by atoms with Crippen LogP contribution in [0.25, 0.3) is 0 Å². The van der Waals surface area contributed by atoms with Crippen LogP contribution >= 0.6 is 24.8 Å². The van der Waals surface area contributed by atoms with Crippen molar-refractivity contribution in [2.45, 2.75) is 40.7 Å². The molecule has 0 aromatic rings. The Bertz CT molecular complexity index is 216. The van der Waals surface area contributed by atoms with Crippen LogP contribution < -0.4 is 11.1 Å². The third-order valence-corrected chi connectivity index (χ3v) is 2.84. The van der Waals surface area contributed by atoms with Gasteiger partial charge in [0.15, 0.2) is 0 Å². The molecule has 0 bridgehead atoms. The van der Waals surface area contributed by atoms with Gasteiger partial charge in [-0.25, -0.2) is 0 Å². The van der Waals surface area contributed by atoms with Crippen molar-refractivity contribution < 1.29 is 4.79 Å².